The van der Waals surface area contributed by atoms with Gasteiger partial charge >= 0.3 is 0 Å². The third kappa shape index (κ3) is 3.44. The van der Waals surface area contributed by atoms with Crippen LogP contribution in [0.1, 0.15) is 30.4 Å². The standard InChI is InChI=1S/C21H19N7O2/c22-10-12-3-1-2-4-16(12)25-17-9-18(24-15-5-6-15)28-20(26-17)14(11-23-28)7-13-8-19(29)27-21(13)30/h1-4,7,9,11,15,19,24,29H,5-6,8H2,(H,25,26)(H,27,30)/b13-7+. The number of aromatic nitrogens is 3. The van der Waals surface area contributed by atoms with E-state index < -0.39 is 6.23 Å². The SMILES string of the molecule is N#Cc1ccccc1Nc1cc(NC2CC2)n2ncc(/C=C3\CC(O)NC3=O)c2n1. The first-order valence-corrected chi connectivity index (χ1v) is 9.71. The Hall–Kier alpha value is -3.90. The van der Waals surface area contributed by atoms with Crippen molar-refractivity contribution in [3.05, 3.63) is 53.2 Å². The Morgan fingerprint density at radius 3 is 2.90 bits per heavy atom. The topological polar surface area (TPSA) is 127 Å². The first kappa shape index (κ1) is 18.1. The minimum Gasteiger partial charge on any atom is -0.373 e. The summed E-state index contributed by atoms with van der Waals surface area (Å²) in [5, 5.41) is 32.6. The van der Waals surface area contributed by atoms with Crippen LogP contribution in [0.4, 0.5) is 17.3 Å². The highest BCUT2D eigenvalue weighted by atomic mass is 16.3. The predicted octanol–water partition coefficient (Wildman–Crippen LogP) is 2.14. The van der Waals surface area contributed by atoms with Gasteiger partial charge in [-0.15, -0.1) is 0 Å². The van der Waals surface area contributed by atoms with Gasteiger partial charge in [0.15, 0.2) is 5.65 Å². The fraction of sp³-hybridized carbons (Fsp3) is 0.238. The van der Waals surface area contributed by atoms with E-state index in [1.54, 1.807) is 22.9 Å². The average molecular weight is 401 g/mol. The first-order chi connectivity index (χ1) is 14.6. The van der Waals surface area contributed by atoms with Gasteiger partial charge in [0.2, 0.25) is 5.91 Å². The highest BCUT2D eigenvalue weighted by Crippen LogP contribution is 2.29. The van der Waals surface area contributed by atoms with Crippen LogP contribution in [0.25, 0.3) is 11.7 Å². The Balaban J connectivity index is 1.58. The maximum absolute atomic E-state index is 12.0. The van der Waals surface area contributed by atoms with Crippen molar-refractivity contribution in [2.24, 2.45) is 0 Å². The highest BCUT2D eigenvalue weighted by Gasteiger charge is 2.26. The zero-order chi connectivity index (χ0) is 20.7. The second-order valence-electron chi connectivity index (χ2n) is 7.43. The molecule has 1 aromatic carbocycles. The molecule has 5 rings (SSSR count). The van der Waals surface area contributed by atoms with Crippen LogP contribution in [0.15, 0.2) is 42.1 Å². The van der Waals surface area contributed by atoms with Gasteiger partial charge in [0.05, 0.1) is 17.4 Å². The molecule has 3 aromatic rings. The number of benzene rings is 1. The third-order valence-corrected chi connectivity index (χ3v) is 5.07. The molecule has 1 saturated carbocycles. The molecule has 9 heteroatoms. The molecule has 30 heavy (non-hydrogen) atoms. The van der Waals surface area contributed by atoms with Gasteiger partial charge in [-0.2, -0.15) is 14.9 Å². The smallest absolute Gasteiger partial charge is 0.249 e. The summed E-state index contributed by atoms with van der Waals surface area (Å²) >= 11 is 0. The molecule has 2 aliphatic rings. The maximum atomic E-state index is 12.0. The number of aliphatic hydroxyl groups excluding tert-OH is 1. The number of aliphatic hydroxyl groups is 1. The number of nitriles is 1. The lowest BCUT2D eigenvalue weighted by atomic mass is 10.1. The summed E-state index contributed by atoms with van der Waals surface area (Å²) in [5.74, 6) is 1.04. The quantitative estimate of drug-likeness (QED) is 0.482. The highest BCUT2D eigenvalue weighted by molar-refractivity contribution is 6.00. The van der Waals surface area contributed by atoms with Crippen LogP contribution in [0, 0.1) is 11.3 Å². The molecule has 150 valence electrons. The summed E-state index contributed by atoms with van der Waals surface area (Å²) < 4.78 is 1.70. The van der Waals surface area contributed by atoms with E-state index in [1.165, 1.54) is 0 Å². The van der Waals surface area contributed by atoms with Crippen LogP contribution in [0.2, 0.25) is 0 Å². The second-order valence-corrected chi connectivity index (χ2v) is 7.43. The molecular weight excluding hydrogens is 382 g/mol. The number of nitrogens with one attached hydrogen (secondary N) is 3. The molecule has 0 spiro atoms. The van der Waals surface area contributed by atoms with Crippen molar-refractivity contribution in [1.82, 2.24) is 19.9 Å². The summed E-state index contributed by atoms with van der Waals surface area (Å²) in [7, 11) is 0. The summed E-state index contributed by atoms with van der Waals surface area (Å²) in [5.41, 5.74) is 2.89. The van der Waals surface area contributed by atoms with E-state index in [-0.39, 0.29) is 12.3 Å². The van der Waals surface area contributed by atoms with E-state index in [2.05, 4.69) is 32.1 Å². The van der Waals surface area contributed by atoms with Crippen molar-refractivity contribution in [2.45, 2.75) is 31.5 Å². The molecule has 2 aromatic heterocycles. The Bertz CT molecular complexity index is 1220. The van der Waals surface area contributed by atoms with Gasteiger partial charge in [-0.1, -0.05) is 12.1 Å². The van der Waals surface area contributed by atoms with Crippen molar-refractivity contribution >= 4 is 35.0 Å². The number of carbonyl (C=O) groups is 1. The van der Waals surface area contributed by atoms with Crippen LogP contribution >= 0.6 is 0 Å². The zero-order valence-electron chi connectivity index (χ0n) is 16.0. The number of hydrogen-bond donors (Lipinski definition) is 4. The fourth-order valence-electron chi connectivity index (χ4n) is 3.42. The monoisotopic (exact) mass is 401 g/mol. The van der Waals surface area contributed by atoms with Gasteiger partial charge in [0, 0.05) is 29.7 Å². The molecule has 0 radical (unpaired) electrons. The van der Waals surface area contributed by atoms with Gasteiger partial charge in [-0.3, -0.25) is 4.79 Å². The average Bonchev–Trinajstić information content (AvgIpc) is 3.37. The normalized spacial score (nSPS) is 19.7. The van der Waals surface area contributed by atoms with Gasteiger partial charge in [-0.05, 0) is 31.1 Å². The molecule has 1 unspecified atom stereocenters. The molecule has 1 saturated heterocycles. The van der Waals surface area contributed by atoms with E-state index in [0.717, 1.165) is 18.7 Å². The number of carbonyl (C=O) groups excluding carboxylic acids is 1. The van der Waals surface area contributed by atoms with Crippen molar-refractivity contribution in [1.29, 1.82) is 5.26 Å². The maximum Gasteiger partial charge on any atom is 0.249 e. The lowest BCUT2D eigenvalue weighted by Crippen LogP contribution is -2.24. The Labute approximate surface area is 172 Å². The van der Waals surface area contributed by atoms with Gasteiger partial charge in [0.1, 0.15) is 23.9 Å². The molecule has 1 aliphatic heterocycles. The molecule has 3 heterocycles. The number of para-hydroxylation sites is 1. The number of nitrogens with zero attached hydrogens (tertiary/aromatic N) is 4. The van der Waals surface area contributed by atoms with Crippen molar-refractivity contribution in [2.75, 3.05) is 10.6 Å². The van der Waals surface area contributed by atoms with Crippen LogP contribution in [-0.2, 0) is 4.79 Å². The number of fused-ring (bicyclic) bond motifs is 1. The zero-order valence-corrected chi connectivity index (χ0v) is 16.0. The summed E-state index contributed by atoms with van der Waals surface area (Å²) in [6, 6.07) is 11.6. The summed E-state index contributed by atoms with van der Waals surface area (Å²) in [6.07, 6.45) is 4.91. The van der Waals surface area contributed by atoms with Crippen LogP contribution in [0.3, 0.4) is 0 Å². The summed E-state index contributed by atoms with van der Waals surface area (Å²) in [6.45, 7) is 0. The third-order valence-electron chi connectivity index (χ3n) is 5.07. The molecular formula is C21H19N7O2. The number of hydrogen-bond acceptors (Lipinski definition) is 7. The van der Waals surface area contributed by atoms with Gasteiger partial charge in [0.25, 0.3) is 0 Å². The molecule has 9 nitrogen and oxygen atoms in total. The molecule has 1 aliphatic carbocycles. The molecule has 4 N–H and O–H groups in total. The Kier molecular flexibility index (Phi) is 4.34. The molecule has 0 bridgehead atoms. The van der Waals surface area contributed by atoms with Crippen molar-refractivity contribution < 1.29 is 9.90 Å². The number of anilines is 3. The minimum atomic E-state index is -0.870. The van der Waals surface area contributed by atoms with Gasteiger partial charge in [-0.25, -0.2) is 4.98 Å². The van der Waals surface area contributed by atoms with E-state index in [0.29, 0.717) is 39.9 Å². The lowest BCUT2D eigenvalue weighted by Gasteiger charge is -2.12. The van der Waals surface area contributed by atoms with Crippen molar-refractivity contribution in [3.63, 3.8) is 0 Å². The van der Waals surface area contributed by atoms with E-state index in [1.807, 2.05) is 24.3 Å². The van der Waals surface area contributed by atoms with Crippen LogP contribution in [-0.4, -0.2) is 37.9 Å². The first-order valence-electron chi connectivity index (χ1n) is 9.71. The van der Waals surface area contributed by atoms with E-state index in [4.69, 9.17) is 0 Å². The Morgan fingerprint density at radius 1 is 1.33 bits per heavy atom. The predicted molar refractivity (Wildman–Crippen MR) is 111 cm³/mol. The van der Waals surface area contributed by atoms with E-state index >= 15 is 0 Å². The molecule has 1 amide bonds. The molecule has 1 atom stereocenters. The minimum absolute atomic E-state index is 0.233. The Morgan fingerprint density at radius 2 is 2.17 bits per heavy atom. The lowest BCUT2D eigenvalue weighted by molar-refractivity contribution is -0.117. The van der Waals surface area contributed by atoms with Gasteiger partial charge < -0.3 is 21.1 Å². The fourth-order valence-corrected chi connectivity index (χ4v) is 3.42. The largest absolute Gasteiger partial charge is 0.373 e. The van der Waals surface area contributed by atoms with Crippen LogP contribution < -0.4 is 16.0 Å². The number of rotatable bonds is 5. The molecule has 2 fully saturated rings. The second kappa shape index (κ2) is 7.17. The summed E-state index contributed by atoms with van der Waals surface area (Å²) in [4.78, 5) is 16.7. The van der Waals surface area contributed by atoms with Crippen LogP contribution in [0.5, 0.6) is 0 Å². The number of amides is 1. The van der Waals surface area contributed by atoms with E-state index in [9.17, 15) is 15.2 Å². The van der Waals surface area contributed by atoms with Crippen molar-refractivity contribution in [3.8, 4) is 6.07 Å².